The zero-order valence-electron chi connectivity index (χ0n) is 10.3. The van der Waals surface area contributed by atoms with Crippen LogP contribution < -0.4 is 0 Å². The highest BCUT2D eigenvalue weighted by atomic mass is 32.1. The van der Waals surface area contributed by atoms with E-state index in [4.69, 9.17) is 12.2 Å². The van der Waals surface area contributed by atoms with Gasteiger partial charge >= 0.3 is 0 Å². The molecule has 0 saturated heterocycles. The van der Waals surface area contributed by atoms with E-state index in [1.54, 1.807) is 0 Å². The molecule has 1 N–H and O–H groups in total. The number of benzene rings is 2. The number of rotatable bonds is 1. The number of fused-ring (bicyclic) bond motifs is 1. The van der Waals surface area contributed by atoms with E-state index in [0.29, 0.717) is 10.3 Å². The molecule has 92 valence electrons. The number of aromatic amines is 1. The van der Waals surface area contributed by atoms with Crippen molar-refractivity contribution in [3.63, 3.8) is 0 Å². The smallest absolute Gasteiger partial charge is 0.182 e. The number of aryl methyl sites for hydroxylation is 1. The van der Waals surface area contributed by atoms with Crippen LogP contribution in [0.2, 0.25) is 0 Å². The van der Waals surface area contributed by atoms with Gasteiger partial charge in [-0.05, 0) is 42.9 Å². The molecule has 0 aliphatic rings. The molecule has 0 atom stereocenters. The number of hydrogen-bond acceptors (Lipinski definition) is 2. The summed E-state index contributed by atoms with van der Waals surface area (Å²) in [6.07, 6.45) is 0. The van der Waals surface area contributed by atoms with E-state index < -0.39 is 0 Å². The number of H-pyrrole nitrogens is 1. The van der Waals surface area contributed by atoms with Crippen LogP contribution in [0, 0.1) is 23.0 Å². The first kappa shape index (κ1) is 11.7. The third-order valence-electron chi connectivity index (χ3n) is 3.19. The van der Waals surface area contributed by atoms with Gasteiger partial charge in [0.2, 0.25) is 0 Å². The summed E-state index contributed by atoms with van der Waals surface area (Å²) in [4.78, 5) is 3.16. The van der Waals surface area contributed by atoms with Crippen LogP contribution in [0.5, 0.6) is 0 Å². The molecule has 19 heavy (non-hydrogen) atoms. The standard InChI is InChI=1S/C15H11N3S/c1-10-5-4-8-13(11(10)9-16)18-14-7-3-2-6-12(14)17-15(18)19/h2-8H,1H3,(H,17,19). The van der Waals surface area contributed by atoms with Crippen molar-refractivity contribution in [3.05, 3.63) is 58.4 Å². The summed E-state index contributed by atoms with van der Waals surface area (Å²) in [6, 6.07) is 15.9. The van der Waals surface area contributed by atoms with Gasteiger partial charge in [0.25, 0.3) is 0 Å². The van der Waals surface area contributed by atoms with Gasteiger partial charge in [0.15, 0.2) is 4.77 Å². The molecular weight excluding hydrogens is 254 g/mol. The molecule has 0 unspecified atom stereocenters. The van der Waals surface area contributed by atoms with Crippen molar-refractivity contribution in [2.45, 2.75) is 6.92 Å². The lowest BCUT2D eigenvalue weighted by atomic mass is 10.1. The van der Waals surface area contributed by atoms with Crippen LogP contribution in [0.15, 0.2) is 42.5 Å². The Balaban J connectivity index is 2.44. The number of nitrogens with zero attached hydrogens (tertiary/aromatic N) is 2. The predicted octanol–water partition coefficient (Wildman–Crippen LogP) is 3.87. The molecular formula is C15H11N3S. The van der Waals surface area contributed by atoms with Crippen molar-refractivity contribution < 1.29 is 0 Å². The first-order valence-electron chi connectivity index (χ1n) is 5.92. The molecule has 1 aromatic heterocycles. The summed E-state index contributed by atoms with van der Waals surface area (Å²) in [7, 11) is 0. The second kappa shape index (κ2) is 4.38. The Bertz CT molecular complexity index is 865. The van der Waals surface area contributed by atoms with E-state index in [-0.39, 0.29) is 0 Å². The van der Waals surface area contributed by atoms with E-state index in [1.165, 1.54) is 0 Å². The van der Waals surface area contributed by atoms with Crippen molar-refractivity contribution >= 4 is 23.3 Å². The lowest BCUT2D eigenvalue weighted by molar-refractivity contribution is 1.05. The zero-order chi connectivity index (χ0) is 13.4. The fourth-order valence-corrected chi connectivity index (χ4v) is 2.58. The average molecular weight is 265 g/mol. The number of imidazole rings is 1. The van der Waals surface area contributed by atoms with Gasteiger partial charge in [-0.1, -0.05) is 24.3 Å². The summed E-state index contributed by atoms with van der Waals surface area (Å²) < 4.78 is 2.51. The minimum atomic E-state index is 0.600. The lowest BCUT2D eigenvalue weighted by Crippen LogP contribution is -1.99. The Morgan fingerprint density at radius 3 is 2.74 bits per heavy atom. The Morgan fingerprint density at radius 2 is 1.95 bits per heavy atom. The summed E-state index contributed by atoms with van der Waals surface area (Å²) in [6.45, 7) is 1.93. The highest BCUT2D eigenvalue weighted by Gasteiger charge is 2.11. The molecule has 3 nitrogen and oxygen atoms in total. The Kier molecular flexibility index (Phi) is 2.69. The molecule has 0 fully saturated rings. The monoisotopic (exact) mass is 265 g/mol. The molecule has 1 heterocycles. The van der Waals surface area contributed by atoms with Crippen LogP contribution in [0.3, 0.4) is 0 Å². The van der Waals surface area contributed by atoms with Gasteiger partial charge in [-0.2, -0.15) is 5.26 Å². The highest BCUT2D eigenvalue weighted by Crippen LogP contribution is 2.23. The van der Waals surface area contributed by atoms with Gasteiger partial charge in [-0.3, -0.25) is 4.57 Å². The normalized spacial score (nSPS) is 10.5. The first-order valence-corrected chi connectivity index (χ1v) is 6.33. The van der Waals surface area contributed by atoms with E-state index in [0.717, 1.165) is 22.3 Å². The largest absolute Gasteiger partial charge is 0.330 e. The molecule has 0 aliphatic heterocycles. The van der Waals surface area contributed by atoms with E-state index in [9.17, 15) is 5.26 Å². The zero-order valence-corrected chi connectivity index (χ0v) is 11.2. The van der Waals surface area contributed by atoms with Gasteiger partial charge in [0.1, 0.15) is 6.07 Å². The minimum absolute atomic E-state index is 0.600. The molecule has 0 saturated carbocycles. The molecule has 0 radical (unpaired) electrons. The second-order valence-electron chi connectivity index (χ2n) is 4.36. The second-order valence-corrected chi connectivity index (χ2v) is 4.75. The van der Waals surface area contributed by atoms with E-state index in [2.05, 4.69) is 11.1 Å². The maximum absolute atomic E-state index is 9.35. The Labute approximate surface area is 115 Å². The number of aromatic nitrogens is 2. The van der Waals surface area contributed by atoms with Crippen LogP contribution in [0.4, 0.5) is 0 Å². The molecule has 0 bridgehead atoms. The number of hydrogen-bond donors (Lipinski definition) is 1. The fraction of sp³-hybridized carbons (Fsp3) is 0.0667. The van der Waals surface area contributed by atoms with Crippen molar-refractivity contribution in [2.24, 2.45) is 0 Å². The Morgan fingerprint density at radius 1 is 1.16 bits per heavy atom. The summed E-state index contributed by atoms with van der Waals surface area (Å²) in [5, 5.41) is 9.35. The van der Waals surface area contributed by atoms with Crippen LogP contribution in [-0.4, -0.2) is 9.55 Å². The lowest BCUT2D eigenvalue weighted by Gasteiger charge is -2.08. The number of para-hydroxylation sites is 2. The molecule has 4 heteroatoms. The van der Waals surface area contributed by atoms with Gasteiger partial charge in [0, 0.05) is 0 Å². The fourth-order valence-electron chi connectivity index (χ4n) is 2.28. The highest BCUT2D eigenvalue weighted by molar-refractivity contribution is 7.71. The summed E-state index contributed by atoms with van der Waals surface area (Å²) >= 11 is 5.38. The molecule has 0 amide bonds. The van der Waals surface area contributed by atoms with Gasteiger partial charge in [-0.15, -0.1) is 0 Å². The van der Waals surface area contributed by atoms with Gasteiger partial charge in [-0.25, -0.2) is 0 Å². The van der Waals surface area contributed by atoms with Crippen molar-refractivity contribution in [2.75, 3.05) is 0 Å². The molecule has 3 rings (SSSR count). The van der Waals surface area contributed by atoms with E-state index in [1.807, 2.05) is 54.0 Å². The maximum atomic E-state index is 9.35. The third kappa shape index (κ3) is 1.76. The molecule has 0 spiro atoms. The van der Waals surface area contributed by atoms with E-state index >= 15 is 0 Å². The summed E-state index contributed by atoms with van der Waals surface area (Å²) in [5.41, 5.74) is 4.38. The predicted molar refractivity (Wildman–Crippen MR) is 77.9 cm³/mol. The maximum Gasteiger partial charge on any atom is 0.182 e. The van der Waals surface area contributed by atoms with Crippen LogP contribution in [0.25, 0.3) is 16.7 Å². The third-order valence-corrected chi connectivity index (χ3v) is 3.48. The van der Waals surface area contributed by atoms with Crippen molar-refractivity contribution in [3.8, 4) is 11.8 Å². The van der Waals surface area contributed by atoms with Crippen LogP contribution >= 0.6 is 12.2 Å². The number of nitrogens with one attached hydrogen (secondary N) is 1. The number of nitriles is 1. The average Bonchev–Trinajstić information content (AvgIpc) is 2.74. The van der Waals surface area contributed by atoms with Crippen molar-refractivity contribution in [1.29, 1.82) is 5.26 Å². The van der Waals surface area contributed by atoms with Gasteiger partial charge in [0.05, 0.1) is 22.3 Å². The SMILES string of the molecule is Cc1cccc(-n2c(=S)[nH]c3ccccc32)c1C#N. The molecule has 3 aromatic rings. The summed E-state index contributed by atoms with van der Waals surface area (Å²) in [5.74, 6) is 0. The van der Waals surface area contributed by atoms with Gasteiger partial charge < -0.3 is 4.98 Å². The molecule has 0 aliphatic carbocycles. The van der Waals surface area contributed by atoms with Crippen LogP contribution in [-0.2, 0) is 0 Å². The Hall–Kier alpha value is -2.38. The van der Waals surface area contributed by atoms with Crippen LogP contribution in [0.1, 0.15) is 11.1 Å². The van der Waals surface area contributed by atoms with Crippen molar-refractivity contribution in [1.82, 2.24) is 9.55 Å². The minimum Gasteiger partial charge on any atom is -0.330 e. The topological polar surface area (TPSA) is 44.5 Å². The molecule has 2 aromatic carbocycles. The quantitative estimate of drug-likeness (QED) is 0.679. The first-order chi connectivity index (χ1) is 9.22.